The van der Waals surface area contributed by atoms with Gasteiger partial charge in [-0.15, -0.1) is 0 Å². The van der Waals surface area contributed by atoms with Crippen molar-refractivity contribution in [3.63, 3.8) is 0 Å². The molecule has 0 heterocycles. The van der Waals surface area contributed by atoms with Crippen molar-refractivity contribution < 1.29 is 9.59 Å². The average Bonchev–Trinajstić information content (AvgIpc) is 2.62. The van der Waals surface area contributed by atoms with Gasteiger partial charge in [0.2, 0.25) is 5.91 Å². The second-order valence-corrected chi connectivity index (χ2v) is 6.36. The molecule has 0 aromatic heterocycles. The van der Waals surface area contributed by atoms with Gasteiger partial charge in [-0.1, -0.05) is 36.4 Å². The van der Waals surface area contributed by atoms with E-state index in [9.17, 15) is 9.59 Å². The lowest BCUT2D eigenvalue weighted by Crippen LogP contribution is -2.39. The lowest BCUT2D eigenvalue weighted by molar-refractivity contribution is 0.1000. The zero-order valence-corrected chi connectivity index (χ0v) is 14.1. The Morgan fingerprint density at radius 3 is 2.80 bits per heavy atom. The Morgan fingerprint density at radius 1 is 1.12 bits per heavy atom. The molecule has 0 bridgehead atoms. The van der Waals surface area contributed by atoms with Crippen LogP contribution >= 0.6 is 0 Å². The molecule has 1 aliphatic carbocycles. The molecule has 2 aromatic rings. The number of nitrogens with one attached hydrogen (secondary N) is 2. The number of benzene rings is 2. The number of amides is 3. The molecule has 5 nitrogen and oxygen atoms in total. The van der Waals surface area contributed by atoms with Crippen molar-refractivity contribution >= 4 is 11.9 Å². The molecular formula is C20H23N3O2. The smallest absolute Gasteiger partial charge is 0.315 e. The minimum Gasteiger partial charge on any atom is -0.366 e. The Morgan fingerprint density at radius 2 is 1.96 bits per heavy atom. The first-order chi connectivity index (χ1) is 12.1. The van der Waals surface area contributed by atoms with Gasteiger partial charge in [0.25, 0.3) is 0 Å². The van der Waals surface area contributed by atoms with Crippen LogP contribution in [0, 0.1) is 0 Å². The maximum Gasteiger partial charge on any atom is 0.315 e. The molecule has 5 heteroatoms. The van der Waals surface area contributed by atoms with Gasteiger partial charge >= 0.3 is 6.03 Å². The summed E-state index contributed by atoms with van der Waals surface area (Å²) in [4.78, 5) is 23.4. The summed E-state index contributed by atoms with van der Waals surface area (Å²) in [6.45, 7) is 0.502. The van der Waals surface area contributed by atoms with Crippen LogP contribution in [0.2, 0.25) is 0 Å². The predicted octanol–water partition coefficient (Wildman–Crippen LogP) is 2.70. The largest absolute Gasteiger partial charge is 0.366 e. The minimum atomic E-state index is -0.441. The number of hydrogen-bond donors (Lipinski definition) is 3. The van der Waals surface area contributed by atoms with E-state index in [1.54, 1.807) is 18.2 Å². The summed E-state index contributed by atoms with van der Waals surface area (Å²) in [7, 11) is 0. The third-order valence-electron chi connectivity index (χ3n) is 4.59. The van der Waals surface area contributed by atoms with Crippen LogP contribution < -0.4 is 16.4 Å². The Hall–Kier alpha value is -2.82. The second kappa shape index (κ2) is 7.83. The van der Waals surface area contributed by atoms with Crippen molar-refractivity contribution in [3.8, 4) is 0 Å². The fraction of sp³-hybridized carbons (Fsp3) is 0.300. The molecule has 130 valence electrons. The summed E-state index contributed by atoms with van der Waals surface area (Å²) in [6, 6.07) is 15.4. The van der Waals surface area contributed by atoms with Crippen molar-refractivity contribution in [2.45, 2.75) is 31.7 Å². The molecule has 0 aliphatic heterocycles. The molecule has 25 heavy (non-hydrogen) atoms. The molecule has 0 saturated heterocycles. The van der Waals surface area contributed by atoms with E-state index in [1.165, 1.54) is 11.1 Å². The van der Waals surface area contributed by atoms with Gasteiger partial charge in [-0.2, -0.15) is 0 Å². The van der Waals surface area contributed by atoms with Crippen LogP contribution in [0.25, 0.3) is 0 Å². The molecule has 0 radical (unpaired) electrons. The molecular weight excluding hydrogens is 314 g/mol. The Kier molecular flexibility index (Phi) is 5.33. The summed E-state index contributed by atoms with van der Waals surface area (Å²) < 4.78 is 0. The van der Waals surface area contributed by atoms with Crippen LogP contribution in [0.15, 0.2) is 48.5 Å². The SMILES string of the molecule is NC(=O)c1cccc(CCNC(=O)N[C@@H]2CCCc3ccccc32)c1. The molecule has 1 atom stereocenters. The fourth-order valence-electron chi connectivity index (χ4n) is 3.31. The van der Waals surface area contributed by atoms with E-state index in [0.29, 0.717) is 18.5 Å². The molecule has 0 spiro atoms. The number of carbonyl (C=O) groups is 2. The Bertz CT molecular complexity index is 773. The quantitative estimate of drug-likeness (QED) is 0.784. The highest BCUT2D eigenvalue weighted by atomic mass is 16.2. The molecule has 1 aliphatic rings. The highest BCUT2D eigenvalue weighted by Gasteiger charge is 2.21. The van der Waals surface area contributed by atoms with Crippen molar-refractivity contribution in [2.75, 3.05) is 6.54 Å². The molecule has 2 aromatic carbocycles. The number of primary amides is 1. The van der Waals surface area contributed by atoms with E-state index in [1.807, 2.05) is 18.2 Å². The van der Waals surface area contributed by atoms with Crippen molar-refractivity contribution in [2.24, 2.45) is 5.73 Å². The maximum atomic E-state index is 12.2. The topological polar surface area (TPSA) is 84.2 Å². The first kappa shape index (κ1) is 17.0. The number of fused-ring (bicyclic) bond motifs is 1. The van der Waals surface area contributed by atoms with E-state index in [0.717, 1.165) is 24.8 Å². The Balaban J connectivity index is 1.51. The van der Waals surface area contributed by atoms with E-state index in [-0.39, 0.29) is 12.1 Å². The predicted molar refractivity (Wildman–Crippen MR) is 97.3 cm³/mol. The number of urea groups is 1. The van der Waals surface area contributed by atoms with E-state index in [2.05, 4.69) is 22.8 Å². The second-order valence-electron chi connectivity index (χ2n) is 6.36. The van der Waals surface area contributed by atoms with E-state index >= 15 is 0 Å². The van der Waals surface area contributed by atoms with Gasteiger partial charge in [0.05, 0.1) is 6.04 Å². The highest BCUT2D eigenvalue weighted by molar-refractivity contribution is 5.92. The number of carbonyl (C=O) groups excluding carboxylic acids is 2. The zero-order chi connectivity index (χ0) is 17.6. The highest BCUT2D eigenvalue weighted by Crippen LogP contribution is 2.29. The van der Waals surface area contributed by atoms with Gasteiger partial charge in [-0.25, -0.2) is 4.79 Å². The monoisotopic (exact) mass is 337 g/mol. The van der Waals surface area contributed by atoms with Crippen LogP contribution in [0.4, 0.5) is 4.79 Å². The van der Waals surface area contributed by atoms with Gasteiger partial charge < -0.3 is 16.4 Å². The third-order valence-corrected chi connectivity index (χ3v) is 4.59. The number of hydrogen-bond acceptors (Lipinski definition) is 2. The molecule has 0 unspecified atom stereocenters. The fourth-order valence-corrected chi connectivity index (χ4v) is 3.31. The average molecular weight is 337 g/mol. The summed E-state index contributed by atoms with van der Waals surface area (Å²) in [5.74, 6) is -0.441. The summed E-state index contributed by atoms with van der Waals surface area (Å²) in [6.07, 6.45) is 3.77. The molecule has 3 rings (SSSR count). The molecule has 4 N–H and O–H groups in total. The summed E-state index contributed by atoms with van der Waals surface area (Å²) >= 11 is 0. The third kappa shape index (κ3) is 4.38. The normalized spacial score (nSPS) is 15.9. The molecule has 3 amide bonds. The molecule has 0 saturated carbocycles. The minimum absolute atomic E-state index is 0.0724. The van der Waals surface area contributed by atoms with Gasteiger partial charge in [0, 0.05) is 12.1 Å². The van der Waals surface area contributed by atoms with Crippen LogP contribution in [-0.2, 0) is 12.8 Å². The molecule has 0 fully saturated rings. The lowest BCUT2D eigenvalue weighted by Gasteiger charge is -2.26. The van der Waals surface area contributed by atoms with Crippen LogP contribution in [-0.4, -0.2) is 18.5 Å². The van der Waals surface area contributed by atoms with Gasteiger partial charge in [0.15, 0.2) is 0 Å². The van der Waals surface area contributed by atoms with E-state index < -0.39 is 5.91 Å². The summed E-state index contributed by atoms with van der Waals surface area (Å²) in [5, 5.41) is 5.96. The standard InChI is InChI=1S/C20H23N3O2/c21-19(24)16-8-3-5-14(13-16)11-12-22-20(25)23-18-10-4-7-15-6-1-2-9-17(15)18/h1-3,5-6,8-9,13,18H,4,7,10-12H2,(H2,21,24)(H2,22,23,25)/t18-/m1/s1. The number of nitrogens with two attached hydrogens (primary N) is 1. The Labute approximate surface area is 147 Å². The van der Waals surface area contributed by atoms with Crippen LogP contribution in [0.1, 0.15) is 45.9 Å². The van der Waals surface area contributed by atoms with Crippen LogP contribution in [0.3, 0.4) is 0 Å². The van der Waals surface area contributed by atoms with Crippen molar-refractivity contribution in [1.82, 2.24) is 10.6 Å². The van der Waals surface area contributed by atoms with Gasteiger partial charge in [-0.3, -0.25) is 4.79 Å². The first-order valence-corrected chi connectivity index (χ1v) is 8.64. The first-order valence-electron chi connectivity index (χ1n) is 8.64. The lowest BCUT2D eigenvalue weighted by atomic mass is 9.88. The summed E-state index contributed by atoms with van der Waals surface area (Å²) in [5.41, 5.74) is 9.28. The van der Waals surface area contributed by atoms with Crippen molar-refractivity contribution in [1.29, 1.82) is 0 Å². The van der Waals surface area contributed by atoms with Gasteiger partial charge in [-0.05, 0) is 54.5 Å². The van der Waals surface area contributed by atoms with Crippen molar-refractivity contribution in [3.05, 3.63) is 70.8 Å². The van der Waals surface area contributed by atoms with Crippen LogP contribution in [0.5, 0.6) is 0 Å². The van der Waals surface area contributed by atoms with Gasteiger partial charge in [0.1, 0.15) is 0 Å². The maximum absolute atomic E-state index is 12.2. The number of aryl methyl sites for hydroxylation is 1. The van der Waals surface area contributed by atoms with E-state index in [4.69, 9.17) is 5.73 Å². The zero-order valence-electron chi connectivity index (χ0n) is 14.1. The number of rotatable bonds is 5.